The molecule has 6 heteroatoms. The Morgan fingerprint density at radius 2 is 2.08 bits per heavy atom. The molecule has 0 spiro atoms. The fraction of sp³-hybridized carbons (Fsp3) is 0.579. The van der Waals surface area contributed by atoms with Gasteiger partial charge in [-0.3, -0.25) is 9.69 Å². The van der Waals surface area contributed by atoms with Crippen LogP contribution in [0, 0.1) is 5.92 Å². The smallest absolute Gasteiger partial charge is 0.228 e. The van der Waals surface area contributed by atoms with Gasteiger partial charge in [-0.25, -0.2) is 4.98 Å². The molecule has 1 amide bonds. The van der Waals surface area contributed by atoms with E-state index in [-0.39, 0.29) is 12.0 Å². The Hall–Kier alpha value is -1.92. The largest absolute Gasteiger partial charge is 0.374 e. The van der Waals surface area contributed by atoms with Gasteiger partial charge in [0.2, 0.25) is 5.91 Å². The van der Waals surface area contributed by atoms with E-state index in [4.69, 9.17) is 4.74 Å². The SMILES string of the molecule is O=C(C1CC2CCC1O2)N1CCN(Cc2cn3ccccc3n2)CC1. The second kappa shape index (κ2) is 6.11. The van der Waals surface area contributed by atoms with Crippen molar-refractivity contribution < 1.29 is 9.53 Å². The summed E-state index contributed by atoms with van der Waals surface area (Å²) in [7, 11) is 0. The molecule has 5 heterocycles. The van der Waals surface area contributed by atoms with Crippen molar-refractivity contribution in [2.45, 2.75) is 38.0 Å². The van der Waals surface area contributed by atoms with Crippen LogP contribution >= 0.6 is 0 Å². The molecule has 5 rings (SSSR count). The molecule has 2 aromatic rings. The van der Waals surface area contributed by atoms with Crippen molar-refractivity contribution >= 4 is 11.6 Å². The lowest BCUT2D eigenvalue weighted by Gasteiger charge is -2.36. The van der Waals surface area contributed by atoms with Gasteiger partial charge in [-0.05, 0) is 31.4 Å². The van der Waals surface area contributed by atoms with Gasteiger partial charge in [0.1, 0.15) is 5.65 Å². The molecular weight excluding hydrogens is 316 g/mol. The van der Waals surface area contributed by atoms with E-state index < -0.39 is 0 Å². The predicted octanol–water partition coefficient (Wildman–Crippen LogP) is 1.55. The van der Waals surface area contributed by atoms with Gasteiger partial charge in [-0.1, -0.05) is 6.07 Å². The summed E-state index contributed by atoms with van der Waals surface area (Å²) in [5, 5.41) is 0. The van der Waals surface area contributed by atoms with E-state index in [0.717, 1.165) is 63.3 Å². The molecule has 3 aliphatic rings. The van der Waals surface area contributed by atoms with Crippen LogP contribution in [0.1, 0.15) is 25.0 Å². The molecule has 0 aliphatic carbocycles. The number of rotatable bonds is 3. The molecule has 25 heavy (non-hydrogen) atoms. The van der Waals surface area contributed by atoms with Gasteiger partial charge in [0.05, 0.1) is 23.8 Å². The number of ether oxygens (including phenoxy) is 1. The zero-order chi connectivity index (χ0) is 16.8. The summed E-state index contributed by atoms with van der Waals surface area (Å²) in [5.74, 6) is 0.434. The number of imidazole rings is 1. The van der Waals surface area contributed by atoms with E-state index in [0.29, 0.717) is 12.0 Å². The quantitative estimate of drug-likeness (QED) is 0.851. The van der Waals surface area contributed by atoms with Crippen LogP contribution in [-0.4, -0.2) is 63.5 Å². The minimum absolute atomic E-state index is 0.115. The van der Waals surface area contributed by atoms with Crippen molar-refractivity contribution in [3.8, 4) is 0 Å². The van der Waals surface area contributed by atoms with Crippen LogP contribution in [0.4, 0.5) is 0 Å². The molecular formula is C19H24N4O2. The summed E-state index contributed by atoms with van der Waals surface area (Å²) >= 11 is 0. The van der Waals surface area contributed by atoms with Gasteiger partial charge in [-0.15, -0.1) is 0 Å². The third-order valence-electron chi connectivity index (χ3n) is 5.91. The number of amides is 1. The first-order chi connectivity index (χ1) is 12.3. The summed E-state index contributed by atoms with van der Waals surface area (Å²) < 4.78 is 7.92. The molecule has 0 aromatic carbocycles. The molecule has 3 saturated heterocycles. The van der Waals surface area contributed by atoms with Crippen LogP contribution in [0.25, 0.3) is 5.65 Å². The molecule has 0 radical (unpaired) electrons. The fourth-order valence-electron chi connectivity index (χ4n) is 4.55. The van der Waals surface area contributed by atoms with Crippen LogP contribution < -0.4 is 0 Å². The number of carbonyl (C=O) groups is 1. The van der Waals surface area contributed by atoms with Crippen molar-refractivity contribution in [3.63, 3.8) is 0 Å². The number of hydrogen-bond acceptors (Lipinski definition) is 4. The predicted molar refractivity (Wildman–Crippen MR) is 93.1 cm³/mol. The third-order valence-corrected chi connectivity index (χ3v) is 5.91. The number of pyridine rings is 1. The van der Waals surface area contributed by atoms with Crippen molar-refractivity contribution in [1.29, 1.82) is 0 Å². The minimum Gasteiger partial charge on any atom is -0.374 e. The summed E-state index contributed by atoms with van der Waals surface area (Å²) in [6, 6.07) is 6.05. The lowest BCUT2D eigenvalue weighted by molar-refractivity contribution is -0.139. The highest BCUT2D eigenvalue weighted by Gasteiger charge is 2.45. The molecule has 3 fully saturated rings. The van der Waals surface area contributed by atoms with Crippen LogP contribution in [0.2, 0.25) is 0 Å². The Kier molecular flexibility index (Phi) is 3.75. The number of fused-ring (bicyclic) bond motifs is 3. The number of aromatic nitrogens is 2. The maximum absolute atomic E-state index is 12.8. The average molecular weight is 340 g/mol. The highest BCUT2D eigenvalue weighted by Crippen LogP contribution is 2.39. The van der Waals surface area contributed by atoms with Crippen molar-refractivity contribution in [2.24, 2.45) is 5.92 Å². The molecule has 3 unspecified atom stereocenters. The summed E-state index contributed by atoms with van der Waals surface area (Å²) in [6.45, 7) is 4.32. The lowest BCUT2D eigenvalue weighted by Crippen LogP contribution is -2.51. The van der Waals surface area contributed by atoms with Crippen molar-refractivity contribution in [2.75, 3.05) is 26.2 Å². The first-order valence-corrected chi connectivity index (χ1v) is 9.35. The Morgan fingerprint density at radius 1 is 1.20 bits per heavy atom. The fourth-order valence-corrected chi connectivity index (χ4v) is 4.55. The number of nitrogens with zero attached hydrogens (tertiary/aromatic N) is 4. The zero-order valence-electron chi connectivity index (χ0n) is 14.4. The Labute approximate surface area is 147 Å². The standard InChI is InChI=1S/C19H24N4O2/c24-19(16-11-15-4-5-17(16)25-15)22-9-7-21(8-10-22)12-14-13-23-6-2-1-3-18(23)20-14/h1-3,6,13,15-17H,4-5,7-12H2. The molecule has 3 aliphatic heterocycles. The van der Waals surface area contributed by atoms with Crippen LogP contribution in [-0.2, 0) is 16.1 Å². The third kappa shape index (κ3) is 2.83. The van der Waals surface area contributed by atoms with Gasteiger partial charge in [0.25, 0.3) is 0 Å². The van der Waals surface area contributed by atoms with E-state index in [2.05, 4.69) is 25.4 Å². The minimum atomic E-state index is 0.115. The molecule has 132 valence electrons. The summed E-state index contributed by atoms with van der Waals surface area (Å²) in [4.78, 5) is 21.9. The molecule has 0 N–H and O–H groups in total. The Bertz CT molecular complexity index is 748. The van der Waals surface area contributed by atoms with Gasteiger partial charge in [0.15, 0.2) is 0 Å². The number of carbonyl (C=O) groups excluding carboxylic acids is 1. The highest BCUT2D eigenvalue weighted by molar-refractivity contribution is 5.80. The maximum Gasteiger partial charge on any atom is 0.228 e. The number of piperazine rings is 1. The van der Waals surface area contributed by atoms with E-state index in [9.17, 15) is 4.79 Å². The van der Waals surface area contributed by atoms with E-state index in [1.165, 1.54) is 0 Å². The van der Waals surface area contributed by atoms with Gasteiger partial charge in [-0.2, -0.15) is 0 Å². The van der Waals surface area contributed by atoms with Crippen LogP contribution in [0.15, 0.2) is 30.6 Å². The van der Waals surface area contributed by atoms with Gasteiger partial charge >= 0.3 is 0 Å². The lowest BCUT2D eigenvalue weighted by atomic mass is 9.88. The summed E-state index contributed by atoms with van der Waals surface area (Å²) in [5.41, 5.74) is 2.08. The molecule has 2 bridgehead atoms. The van der Waals surface area contributed by atoms with Gasteiger partial charge in [0, 0.05) is 45.1 Å². The second-order valence-electron chi connectivity index (χ2n) is 7.52. The Balaban J connectivity index is 1.18. The van der Waals surface area contributed by atoms with Crippen molar-refractivity contribution in [1.82, 2.24) is 19.2 Å². The topological polar surface area (TPSA) is 50.1 Å². The van der Waals surface area contributed by atoms with Crippen molar-refractivity contribution in [3.05, 3.63) is 36.3 Å². The molecule has 6 nitrogen and oxygen atoms in total. The van der Waals surface area contributed by atoms with E-state index >= 15 is 0 Å². The van der Waals surface area contributed by atoms with E-state index in [1.807, 2.05) is 24.4 Å². The molecule has 3 atom stereocenters. The number of hydrogen-bond donors (Lipinski definition) is 0. The zero-order valence-corrected chi connectivity index (χ0v) is 14.4. The molecule has 2 aromatic heterocycles. The first-order valence-electron chi connectivity index (χ1n) is 9.35. The average Bonchev–Trinajstić information content (AvgIpc) is 3.36. The monoisotopic (exact) mass is 340 g/mol. The maximum atomic E-state index is 12.8. The van der Waals surface area contributed by atoms with E-state index in [1.54, 1.807) is 0 Å². The Morgan fingerprint density at radius 3 is 2.80 bits per heavy atom. The van der Waals surface area contributed by atoms with Crippen LogP contribution in [0.3, 0.4) is 0 Å². The van der Waals surface area contributed by atoms with Gasteiger partial charge < -0.3 is 14.0 Å². The first kappa shape index (κ1) is 15.3. The van der Waals surface area contributed by atoms with Crippen LogP contribution in [0.5, 0.6) is 0 Å². The highest BCUT2D eigenvalue weighted by atomic mass is 16.5. The molecule has 0 saturated carbocycles. The normalized spacial score (nSPS) is 29.6. The summed E-state index contributed by atoms with van der Waals surface area (Å²) in [6.07, 6.45) is 7.80. The second-order valence-corrected chi connectivity index (χ2v) is 7.52.